The zero-order chi connectivity index (χ0) is 12.3. The van der Waals surface area contributed by atoms with E-state index in [1.807, 2.05) is 6.92 Å². The molecule has 0 fully saturated rings. The molecule has 0 saturated carbocycles. The van der Waals surface area contributed by atoms with E-state index in [1.165, 1.54) is 16.8 Å². The summed E-state index contributed by atoms with van der Waals surface area (Å²) in [6.07, 6.45) is 4.65. The second-order valence-corrected chi connectivity index (χ2v) is 3.47. The number of aromatic nitrogens is 4. The lowest BCUT2D eigenvalue weighted by Gasteiger charge is -2.06. The Morgan fingerprint density at radius 3 is 2.59 bits per heavy atom. The van der Waals surface area contributed by atoms with Gasteiger partial charge in [0, 0.05) is 31.2 Å². The first-order chi connectivity index (χ1) is 8.22. The molecular weight excluding hydrogens is 220 g/mol. The van der Waals surface area contributed by atoms with Crippen molar-refractivity contribution in [1.29, 1.82) is 0 Å². The van der Waals surface area contributed by atoms with E-state index in [1.54, 1.807) is 18.5 Å². The van der Waals surface area contributed by atoms with E-state index >= 15 is 0 Å². The van der Waals surface area contributed by atoms with Gasteiger partial charge in [-0.15, -0.1) is 0 Å². The highest BCUT2D eigenvalue weighted by molar-refractivity contribution is 4.93. The highest BCUT2D eigenvalue weighted by atomic mass is 16.2. The van der Waals surface area contributed by atoms with Crippen molar-refractivity contribution in [3.05, 3.63) is 57.4 Å². The summed E-state index contributed by atoms with van der Waals surface area (Å²) in [5.41, 5.74) is -0.681. The Kier molecular flexibility index (Phi) is 3.13. The molecule has 0 amide bonds. The zero-order valence-corrected chi connectivity index (χ0v) is 9.41. The van der Waals surface area contributed by atoms with Crippen molar-refractivity contribution in [2.45, 2.75) is 20.0 Å². The van der Waals surface area contributed by atoms with Crippen molar-refractivity contribution >= 4 is 0 Å². The van der Waals surface area contributed by atoms with Crippen LogP contribution in [0.4, 0.5) is 0 Å². The molecular formula is C11H12N4O2. The second kappa shape index (κ2) is 4.73. The fourth-order valence-electron chi connectivity index (χ4n) is 1.50. The third kappa shape index (κ3) is 2.30. The normalized spacial score (nSPS) is 10.4. The van der Waals surface area contributed by atoms with E-state index in [9.17, 15) is 9.59 Å². The minimum atomic E-state index is -0.341. The molecule has 0 spiro atoms. The molecule has 0 aliphatic rings. The summed E-state index contributed by atoms with van der Waals surface area (Å²) in [5.74, 6) is 0.445. The maximum atomic E-state index is 11.9. The van der Waals surface area contributed by atoms with Gasteiger partial charge in [-0.3, -0.25) is 9.36 Å². The third-order valence-electron chi connectivity index (χ3n) is 2.40. The Labute approximate surface area is 97.2 Å². The monoisotopic (exact) mass is 232 g/mol. The van der Waals surface area contributed by atoms with Gasteiger partial charge in [-0.05, 0) is 13.0 Å². The molecule has 0 bridgehead atoms. The van der Waals surface area contributed by atoms with Crippen molar-refractivity contribution in [1.82, 2.24) is 19.1 Å². The first-order valence-corrected chi connectivity index (χ1v) is 5.28. The fourth-order valence-corrected chi connectivity index (χ4v) is 1.50. The Hall–Kier alpha value is -2.24. The first kappa shape index (κ1) is 11.3. The molecule has 17 heavy (non-hydrogen) atoms. The van der Waals surface area contributed by atoms with E-state index in [-0.39, 0.29) is 17.8 Å². The van der Waals surface area contributed by atoms with Gasteiger partial charge in [-0.1, -0.05) is 0 Å². The Morgan fingerprint density at radius 2 is 1.94 bits per heavy atom. The van der Waals surface area contributed by atoms with Crippen LogP contribution in [0.5, 0.6) is 0 Å². The average Bonchev–Trinajstić information content (AvgIpc) is 2.36. The van der Waals surface area contributed by atoms with Crippen molar-refractivity contribution in [3.63, 3.8) is 0 Å². The molecule has 0 radical (unpaired) electrons. The molecule has 6 nitrogen and oxygen atoms in total. The number of rotatable bonds is 3. The summed E-state index contributed by atoms with van der Waals surface area (Å²) in [6, 6.07) is 3.05. The second-order valence-electron chi connectivity index (χ2n) is 3.47. The summed E-state index contributed by atoms with van der Waals surface area (Å²) in [4.78, 5) is 31.5. The Morgan fingerprint density at radius 1 is 1.24 bits per heavy atom. The largest absolute Gasteiger partial charge is 0.331 e. The SMILES string of the molecule is CCn1ccc(=O)n(Cc2ncccn2)c1=O. The van der Waals surface area contributed by atoms with Gasteiger partial charge in [-0.25, -0.2) is 14.8 Å². The molecule has 2 aromatic rings. The van der Waals surface area contributed by atoms with Crippen LogP contribution in [0.1, 0.15) is 12.7 Å². The number of nitrogens with zero attached hydrogens (tertiary/aromatic N) is 4. The first-order valence-electron chi connectivity index (χ1n) is 5.28. The van der Waals surface area contributed by atoms with Gasteiger partial charge in [0.05, 0.1) is 6.54 Å². The molecule has 2 heterocycles. The molecule has 0 aliphatic carbocycles. The molecule has 2 rings (SSSR count). The molecule has 6 heteroatoms. The van der Waals surface area contributed by atoms with E-state index in [0.717, 1.165) is 4.57 Å². The van der Waals surface area contributed by atoms with Crippen LogP contribution in [0.3, 0.4) is 0 Å². The van der Waals surface area contributed by atoms with Crippen LogP contribution in [0, 0.1) is 0 Å². The van der Waals surface area contributed by atoms with Crippen LogP contribution in [-0.2, 0) is 13.1 Å². The fraction of sp³-hybridized carbons (Fsp3) is 0.273. The van der Waals surface area contributed by atoms with Crippen LogP contribution in [0.2, 0.25) is 0 Å². The van der Waals surface area contributed by atoms with Crippen LogP contribution in [0.25, 0.3) is 0 Å². The molecule has 88 valence electrons. The number of aryl methyl sites for hydroxylation is 1. The van der Waals surface area contributed by atoms with E-state index in [2.05, 4.69) is 9.97 Å². The zero-order valence-electron chi connectivity index (χ0n) is 9.41. The minimum absolute atomic E-state index is 0.0966. The molecule has 2 aromatic heterocycles. The Bertz CT molecular complexity index is 615. The van der Waals surface area contributed by atoms with Crippen LogP contribution >= 0.6 is 0 Å². The van der Waals surface area contributed by atoms with Gasteiger partial charge in [0.15, 0.2) is 0 Å². The highest BCUT2D eigenvalue weighted by Crippen LogP contribution is 1.89. The van der Waals surface area contributed by atoms with Gasteiger partial charge < -0.3 is 4.57 Å². The topological polar surface area (TPSA) is 69.8 Å². The molecule has 0 N–H and O–H groups in total. The summed E-state index contributed by atoms with van der Waals surface area (Å²) in [5, 5.41) is 0. The van der Waals surface area contributed by atoms with Crippen molar-refractivity contribution < 1.29 is 0 Å². The maximum Gasteiger partial charge on any atom is 0.331 e. The standard InChI is InChI=1S/C11H12N4O2/c1-2-14-7-4-10(16)15(11(14)17)8-9-12-5-3-6-13-9/h3-7H,2,8H2,1H3. The average molecular weight is 232 g/mol. The van der Waals surface area contributed by atoms with Gasteiger partial charge in [0.2, 0.25) is 0 Å². The van der Waals surface area contributed by atoms with Crippen LogP contribution in [-0.4, -0.2) is 19.1 Å². The lowest BCUT2D eigenvalue weighted by Crippen LogP contribution is -2.39. The van der Waals surface area contributed by atoms with Crippen LogP contribution in [0.15, 0.2) is 40.3 Å². The van der Waals surface area contributed by atoms with Crippen molar-refractivity contribution in [2.75, 3.05) is 0 Å². The molecule has 0 aliphatic heterocycles. The smallest absolute Gasteiger partial charge is 0.301 e. The van der Waals surface area contributed by atoms with Gasteiger partial charge in [0.1, 0.15) is 5.82 Å². The summed E-state index contributed by atoms with van der Waals surface area (Å²) in [6.45, 7) is 2.46. The highest BCUT2D eigenvalue weighted by Gasteiger charge is 2.05. The summed E-state index contributed by atoms with van der Waals surface area (Å²) < 4.78 is 2.59. The minimum Gasteiger partial charge on any atom is -0.301 e. The van der Waals surface area contributed by atoms with Crippen molar-refractivity contribution in [3.8, 4) is 0 Å². The van der Waals surface area contributed by atoms with Gasteiger partial charge in [0.25, 0.3) is 5.56 Å². The predicted molar refractivity (Wildman–Crippen MR) is 61.8 cm³/mol. The van der Waals surface area contributed by atoms with Crippen molar-refractivity contribution in [2.24, 2.45) is 0 Å². The predicted octanol–water partition coefficient (Wildman–Crippen LogP) is -0.132. The van der Waals surface area contributed by atoms with E-state index in [0.29, 0.717) is 12.4 Å². The Balaban J connectivity index is 2.46. The quantitative estimate of drug-likeness (QED) is 0.739. The van der Waals surface area contributed by atoms with E-state index < -0.39 is 0 Å². The number of hydrogen-bond acceptors (Lipinski definition) is 4. The molecule has 0 unspecified atom stereocenters. The molecule has 0 atom stereocenters. The van der Waals surface area contributed by atoms with Gasteiger partial charge in [-0.2, -0.15) is 0 Å². The maximum absolute atomic E-state index is 11.9. The molecule has 0 aromatic carbocycles. The summed E-state index contributed by atoms with van der Waals surface area (Å²) >= 11 is 0. The third-order valence-corrected chi connectivity index (χ3v) is 2.40. The molecule has 0 saturated heterocycles. The van der Waals surface area contributed by atoms with Crippen LogP contribution < -0.4 is 11.2 Å². The van der Waals surface area contributed by atoms with E-state index in [4.69, 9.17) is 0 Å². The number of hydrogen-bond donors (Lipinski definition) is 0. The summed E-state index contributed by atoms with van der Waals surface area (Å²) in [7, 11) is 0. The van der Waals surface area contributed by atoms with Gasteiger partial charge >= 0.3 is 5.69 Å². The lowest BCUT2D eigenvalue weighted by molar-refractivity contribution is 0.587. The lowest BCUT2D eigenvalue weighted by atomic mass is 10.5.